The molecule has 0 amide bonds. The van der Waals surface area contributed by atoms with Gasteiger partial charge < -0.3 is 4.90 Å². The summed E-state index contributed by atoms with van der Waals surface area (Å²) in [5.41, 5.74) is 1.56. The van der Waals surface area contributed by atoms with Gasteiger partial charge in [-0.05, 0) is 25.1 Å². The fourth-order valence-electron chi connectivity index (χ4n) is 3.72. The first-order valence-corrected chi connectivity index (χ1v) is 10.5. The standard InChI is InChI=1S/C22H29N7O/c1-16-24-20-17(6-5-9-23-20)21(25-16)28-13-10-27(11-14-28)12-15-29-19(30)8-7-18(26-29)22(2,3)4/h5-9H,10-15H2,1-4H3. The van der Waals surface area contributed by atoms with Crippen molar-refractivity contribution in [3.8, 4) is 0 Å². The van der Waals surface area contributed by atoms with E-state index in [1.807, 2.05) is 25.1 Å². The lowest BCUT2D eigenvalue weighted by Crippen LogP contribution is -2.48. The highest BCUT2D eigenvalue weighted by Crippen LogP contribution is 2.23. The third kappa shape index (κ3) is 4.33. The number of nitrogens with zero attached hydrogens (tertiary/aromatic N) is 7. The fourth-order valence-corrected chi connectivity index (χ4v) is 3.72. The summed E-state index contributed by atoms with van der Waals surface area (Å²) in [5.74, 6) is 1.70. The predicted octanol–water partition coefficient (Wildman–Crippen LogP) is 2.01. The maximum Gasteiger partial charge on any atom is 0.266 e. The number of anilines is 1. The molecule has 0 saturated carbocycles. The van der Waals surface area contributed by atoms with Crippen LogP contribution < -0.4 is 10.5 Å². The molecule has 0 N–H and O–H groups in total. The Balaban J connectivity index is 1.41. The van der Waals surface area contributed by atoms with Gasteiger partial charge in [0.25, 0.3) is 5.56 Å². The minimum Gasteiger partial charge on any atom is -0.353 e. The van der Waals surface area contributed by atoms with E-state index in [4.69, 9.17) is 0 Å². The normalized spacial score (nSPS) is 15.7. The first-order valence-electron chi connectivity index (χ1n) is 10.5. The molecule has 4 heterocycles. The van der Waals surface area contributed by atoms with Gasteiger partial charge in [0.15, 0.2) is 5.65 Å². The maximum absolute atomic E-state index is 12.2. The molecule has 1 saturated heterocycles. The molecule has 0 aliphatic carbocycles. The summed E-state index contributed by atoms with van der Waals surface area (Å²) in [5, 5.41) is 5.57. The zero-order valence-electron chi connectivity index (χ0n) is 18.2. The molecule has 0 atom stereocenters. The average Bonchev–Trinajstić information content (AvgIpc) is 2.72. The molecule has 1 fully saturated rings. The number of aryl methyl sites for hydroxylation is 1. The van der Waals surface area contributed by atoms with Crippen LogP contribution in [0.3, 0.4) is 0 Å². The van der Waals surface area contributed by atoms with Crippen molar-refractivity contribution >= 4 is 16.9 Å². The van der Waals surface area contributed by atoms with Crippen molar-refractivity contribution < 1.29 is 0 Å². The summed E-state index contributed by atoms with van der Waals surface area (Å²) in [6.07, 6.45) is 1.77. The molecule has 3 aromatic rings. The van der Waals surface area contributed by atoms with E-state index in [1.165, 1.54) is 0 Å². The van der Waals surface area contributed by atoms with Gasteiger partial charge in [0.1, 0.15) is 11.6 Å². The van der Waals surface area contributed by atoms with E-state index in [-0.39, 0.29) is 11.0 Å². The lowest BCUT2D eigenvalue weighted by molar-refractivity contribution is 0.241. The number of hydrogen-bond donors (Lipinski definition) is 0. The highest BCUT2D eigenvalue weighted by molar-refractivity contribution is 5.86. The van der Waals surface area contributed by atoms with Gasteiger partial charge in [-0.3, -0.25) is 9.69 Å². The maximum atomic E-state index is 12.2. The van der Waals surface area contributed by atoms with Gasteiger partial charge in [0.05, 0.1) is 17.6 Å². The Labute approximate surface area is 176 Å². The second-order valence-electron chi connectivity index (χ2n) is 8.83. The van der Waals surface area contributed by atoms with E-state index in [9.17, 15) is 4.79 Å². The fraction of sp³-hybridized carbons (Fsp3) is 0.500. The van der Waals surface area contributed by atoms with Crippen LogP contribution in [-0.4, -0.2) is 62.4 Å². The van der Waals surface area contributed by atoms with Crippen molar-refractivity contribution in [3.05, 3.63) is 52.3 Å². The Morgan fingerprint density at radius 2 is 1.77 bits per heavy atom. The highest BCUT2D eigenvalue weighted by Gasteiger charge is 2.21. The van der Waals surface area contributed by atoms with E-state index < -0.39 is 0 Å². The molecule has 0 bridgehead atoms. The van der Waals surface area contributed by atoms with Gasteiger partial charge >= 0.3 is 0 Å². The third-order valence-electron chi connectivity index (χ3n) is 5.50. The topological polar surface area (TPSA) is 80.0 Å². The van der Waals surface area contributed by atoms with E-state index in [0.717, 1.165) is 61.1 Å². The van der Waals surface area contributed by atoms with Crippen LogP contribution in [0.4, 0.5) is 5.82 Å². The van der Waals surface area contributed by atoms with Crippen LogP contribution >= 0.6 is 0 Å². The van der Waals surface area contributed by atoms with Crippen molar-refractivity contribution in [1.82, 2.24) is 29.6 Å². The first kappa shape index (κ1) is 20.4. The average molecular weight is 408 g/mol. The van der Waals surface area contributed by atoms with Gasteiger partial charge in [-0.15, -0.1) is 0 Å². The van der Waals surface area contributed by atoms with Gasteiger partial charge in [-0.1, -0.05) is 20.8 Å². The number of pyridine rings is 1. The van der Waals surface area contributed by atoms with Gasteiger partial charge in [0.2, 0.25) is 0 Å². The highest BCUT2D eigenvalue weighted by atomic mass is 16.1. The summed E-state index contributed by atoms with van der Waals surface area (Å²) < 4.78 is 1.60. The largest absolute Gasteiger partial charge is 0.353 e. The minimum absolute atomic E-state index is 0.0444. The van der Waals surface area contributed by atoms with E-state index in [2.05, 4.69) is 50.6 Å². The lowest BCUT2D eigenvalue weighted by Gasteiger charge is -2.35. The summed E-state index contributed by atoms with van der Waals surface area (Å²) in [6, 6.07) is 7.42. The molecule has 8 heteroatoms. The molecule has 3 aromatic heterocycles. The summed E-state index contributed by atoms with van der Waals surface area (Å²) in [4.78, 5) is 30.4. The summed E-state index contributed by atoms with van der Waals surface area (Å²) >= 11 is 0. The molecule has 0 radical (unpaired) electrons. The smallest absolute Gasteiger partial charge is 0.266 e. The van der Waals surface area contributed by atoms with Crippen molar-refractivity contribution in [2.24, 2.45) is 0 Å². The molecule has 1 aliphatic heterocycles. The molecule has 30 heavy (non-hydrogen) atoms. The molecule has 8 nitrogen and oxygen atoms in total. The van der Waals surface area contributed by atoms with Crippen molar-refractivity contribution in [2.75, 3.05) is 37.6 Å². The van der Waals surface area contributed by atoms with Crippen LogP contribution in [-0.2, 0) is 12.0 Å². The Morgan fingerprint density at radius 3 is 2.50 bits per heavy atom. The van der Waals surface area contributed by atoms with Crippen LogP contribution in [0.25, 0.3) is 11.0 Å². The number of fused-ring (bicyclic) bond motifs is 1. The molecule has 0 unspecified atom stereocenters. The number of piperazine rings is 1. The summed E-state index contributed by atoms with van der Waals surface area (Å²) in [6.45, 7) is 13.2. The van der Waals surface area contributed by atoms with E-state index in [1.54, 1.807) is 16.9 Å². The van der Waals surface area contributed by atoms with Crippen molar-refractivity contribution in [1.29, 1.82) is 0 Å². The molecule has 158 valence electrons. The molecule has 1 aliphatic rings. The van der Waals surface area contributed by atoms with E-state index >= 15 is 0 Å². The molecule has 0 aromatic carbocycles. The van der Waals surface area contributed by atoms with Crippen LogP contribution in [0.2, 0.25) is 0 Å². The van der Waals surface area contributed by atoms with E-state index in [0.29, 0.717) is 6.54 Å². The third-order valence-corrected chi connectivity index (χ3v) is 5.50. The first-order chi connectivity index (χ1) is 14.3. The van der Waals surface area contributed by atoms with Gasteiger partial charge in [0, 0.05) is 50.4 Å². The molecular formula is C22H29N7O. The van der Waals surface area contributed by atoms with Crippen molar-refractivity contribution in [2.45, 2.75) is 39.7 Å². The van der Waals surface area contributed by atoms with Gasteiger partial charge in [-0.2, -0.15) is 5.10 Å². The zero-order chi connectivity index (χ0) is 21.3. The minimum atomic E-state index is -0.0750. The monoisotopic (exact) mass is 407 g/mol. The zero-order valence-corrected chi connectivity index (χ0v) is 18.2. The number of rotatable bonds is 4. The molecular weight excluding hydrogens is 378 g/mol. The van der Waals surface area contributed by atoms with Gasteiger partial charge in [-0.25, -0.2) is 19.6 Å². The lowest BCUT2D eigenvalue weighted by atomic mass is 9.92. The second kappa shape index (κ2) is 8.10. The Hall–Kier alpha value is -2.87. The van der Waals surface area contributed by atoms with Crippen LogP contribution in [0.5, 0.6) is 0 Å². The molecule has 4 rings (SSSR count). The Morgan fingerprint density at radius 1 is 1.00 bits per heavy atom. The Bertz CT molecular complexity index is 1090. The van der Waals surface area contributed by atoms with Crippen LogP contribution in [0.1, 0.15) is 32.3 Å². The quantitative estimate of drug-likeness (QED) is 0.654. The van der Waals surface area contributed by atoms with Crippen molar-refractivity contribution in [3.63, 3.8) is 0 Å². The Kier molecular flexibility index (Phi) is 5.51. The SMILES string of the molecule is Cc1nc(N2CCN(CCn3nc(C(C)(C)C)ccc3=O)CC2)c2cccnc2n1. The predicted molar refractivity (Wildman–Crippen MR) is 118 cm³/mol. The summed E-state index contributed by atoms with van der Waals surface area (Å²) in [7, 11) is 0. The van der Waals surface area contributed by atoms with Crippen LogP contribution in [0, 0.1) is 6.92 Å². The molecule has 0 spiro atoms. The van der Waals surface area contributed by atoms with Crippen LogP contribution in [0.15, 0.2) is 35.3 Å². The number of hydrogen-bond acceptors (Lipinski definition) is 7. The second-order valence-corrected chi connectivity index (χ2v) is 8.83. The number of aromatic nitrogens is 5.